The van der Waals surface area contributed by atoms with Gasteiger partial charge < -0.3 is 14.6 Å². The predicted molar refractivity (Wildman–Crippen MR) is 55.5 cm³/mol. The van der Waals surface area contributed by atoms with Crippen molar-refractivity contribution in [2.24, 2.45) is 0 Å². The third kappa shape index (κ3) is 3.89. The van der Waals surface area contributed by atoms with E-state index in [2.05, 4.69) is 0 Å². The van der Waals surface area contributed by atoms with Crippen molar-refractivity contribution in [1.82, 2.24) is 0 Å². The van der Waals surface area contributed by atoms with Crippen molar-refractivity contribution in [3.05, 3.63) is 0 Å². The molecule has 1 heterocycles. The molecule has 0 atom stereocenters. The number of aliphatic hydroxyl groups is 1. The summed E-state index contributed by atoms with van der Waals surface area (Å²) in [6, 6.07) is 0. The molecule has 0 spiro atoms. The van der Waals surface area contributed by atoms with Crippen LogP contribution < -0.4 is 0 Å². The standard InChI is InChI=1S/C11H20O4/c1-10(2,13)9(12)5-4-6-11(3)14-7-8-15-11/h13H,4-8H2,1-3H3. The van der Waals surface area contributed by atoms with Crippen molar-refractivity contribution < 1.29 is 19.4 Å². The molecule has 1 aliphatic heterocycles. The number of carbonyl (C=O) groups excluding carboxylic acids is 1. The van der Waals surface area contributed by atoms with E-state index in [1.54, 1.807) is 0 Å². The minimum atomic E-state index is -1.22. The van der Waals surface area contributed by atoms with Crippen LogP contribution in [0.3, 0.4) is 0 Å². The minimum Gasteiger partial charge on any atom is -0.383 e. The van der Waals surface area contributed by atoms with Crippen LogP contribution in [0.5, 0.6) is 0 Å². The van der Waals surface area contributed by atoms with Crippen LogP contribution in [0.1, 0.15) is 40.0 Å². The number of hydrogen-bond acceptors (Lipinski definition) is 4. The van der Waals surface area contributed by atoms with Crippen LogP contribution in [0.2, 0.25) is 0 Å². The summed E-state index contributed by atoms with van der Waals surface area (Å²) in [5.41, 5.74) is -1.22. The maximum atomic E-state index is 11.4. The first kappa shape index (κ1) is 12.6. The summed E-state index contributed by atoms with van der Waals surface area (Å²) in [6.45, 7) is 6.15. The van der Waals surface area contributed by atoms with Crippen LogP contribution in [0, 0.1) is 0 Å². The number of Topliss-reactive ketones (excluding diaryl/α,β-unsaturated/α-hetero) is 1. The molecule has 0 radical (unpaired) electrons. The summed E-state index contributed by atoms with van der Waals surface area (Å²) < 4.78 is 10.8. The van der Waals surface area contributed by atoms with Crippen molar-refractivity contribution in [3.63, 3.8) is 0 Å². The number of rotatable bonds is 5. The molecule has 1 fully saturated rings. The summed E-state index contributed by atoms with van der Waals surface area (Å²) in [6.07, 6.45) is 1.74. The lowest BCUT2D eigenvalue weighted by Crippen LogP contribution is -2.32. The van der Waals surface area contributed by atoms with Gasteiger partial charge in [0.25, 0.3) is 0 Å². The van der Waals surface area contributed by atoms with Crippen molar-refractivity contribution in [1.29, 1.82) is 0 Å². The molecule has 0 saturated carbocycles. The molecule has 0 aromatic heterocycles. The highest BCUT2D eigenvalue weighted by Crippen LogP contribution is 2.25. The lowest BCUT2D eigenvalue weighted by atomic mass is 9.98. The zero-order valence-corrected chi connectivity index (χ0v) is 9.71. The van der Waals surface area contributed by atoms with Gasteiger partial charge in [-0.2, -0.15) is 0 Å². The number of carbonyl (C=O) groups is 1. The van der Waals surface area contributed by atoms with Gasteiger partial charge in [-0.05, 0) is 27.2 Å². The Morgan fingerprint density at radius 3 is 2.40 bits per heavy atom. The van der Waals surface area contributed by atoms with Gasteiger partial charge in [-0.15, -0.1) is 0 Å². The molecule has 4 heteroatoms. The first-order valence-electron chi connectivity index (χ1n) is 5.37. The van der Waals surface area contributed by atoms with Gasteiger partial charge in [0.15, 0.2) is 11.6 Å². The van der Waals surface area contributed by atoms with E-state index >= 15 is 0 Å². The molecule has 1 aliphatic rings. The average Bonchev–Trinajstić information content (AvgIpc) is 2.50. The normalized spacial score (nSPS) is 20.5. The zero-order chi connectivity index (χ0) is 11.5. The highest BCUT2D eigenvalue weighted by Gasteiger charge is 2.31. The molecule has 4 nitrogen and oxygen atoms in total. The number of hydrogen-bond donors (Lipinski definition) is 1. The molecule has 0 aromatic rings. The van der Waals surface area contributed by atoms with E-state index < -0.39 is 11.4 Å². The van der Waals surface area contributed by atoms with Crippen molar-refractivity contribution in [2.75, 3.05) is 13.2 Å². The third-order valence-corrected chi connectivity index (χ3v) is 2.62. The fourth-order valence-electron chi connectivity index (χ4n) is 1.58. The minimum absolute atomic E-state index is 0.135. The van der Waals surface area contributed by atoms with Crippen LogP contribution in [0.4, 0.5) is 0 Å². The first-order chi connectivity index (χ1) is 6.83. The molecule has 0 unspecified atom stereocenters. The molecule has 88 valence electrons. The van der Waals surface area contributed by atoms with Crippen LogP contribution in [0.15, 0.2) is 0 Å². The second kappa shape index (κ2) is 4.60. The Morgan fingerprint density at radius 1 is 1.40 bits per heavy atom. The fourth-order valence-corrected chi connectivity index (χ4v) is 1.58. The Hall–Kier alpha value is -0.450. The van der Waals surface area contributed by atoms with Crippen LogP contribution in [0.25, 0.3) is 0 Å². The second-order valence-corrected chi connectivity index (χ2v) is 4.67. The second-order valence-electron chi connectivity index (χ2n) is 4.67. The molecule has 15 heavy (non-hydrogen) atoms. The van der Waals surface area contributed by atoms with Gasteiger partial charge in [0.1, 0.15) is 5.60 Å². The Labute approximate surface area is 90.6 Å². The molecule has 1 N–H and O–H groups in total. The lowest BCUT2D eigenvalue weighted by Gasteiger charge is -2.22. The number of ether oxygens (including phenoxy) is 2. The van der Waals surface area contributed by atoms with Gasteiger partial charge in [-0.3, -0.25) is 4.79 Å². The van der Waals surface area contributed by atoms with Crippen LogP contribution in [-0.4, -0.2) is 35.5 Å². The highest BCUT2D eigenvalue weighted by molar-refractivity contribution is 5.86. The van der Waals surface area contributed by atoms with Crippen molar-refractivity contribution >= 4 is 5.78 Å². The average molecular weight is 216 g/mol. The number of ketones is 1. The lowest BCUT2D eigenvalue weighted by molar-refractivity contribution is -0.149. The van der Waals surface area contributed by atoms with Gasteiger partial charge in [0.2, 0.25) is 0 Å². The topological polar surface area (TPSA) is 55.8 Å². The van der Waals surface area contributed by atoms with E-state index in [1.165, 1.54) is 13.8 Å². The Kier molecular flexibility index (Phi) is 3.87. The molecule has 0 bridgehead atoms. The molecule has 0 aliphatic carbocycles. The molecular weight excluding hydrogens is 196 g/mol. The van der Waals surface area contributed by atoms with E-state index in [4.69, 9.17) is 9.47 Å². The van der Waals surface area contributed by atoms with Gasteiger partial charge >= 0.3 is 0 Å². The maximum absolute atomic E-state index is 11.4. The van der Waals surface area contributed by atoms with E-state index in [0.717, 1.165) is 0 Å². The van der Waals surface area contributed by atoms with Gasteiger partial charge in [0, 0.05) is 12.8 Å². The maximum Gasteiger partial charge on any atom is 0.165 e. The Balaban J connectivity index is 2.24. The van der Waals surface area contributed by atoms with Crippen molar-refractivity contribution in [3.8, 4) is 0 Å². The van der Waals surface area contributed by atoms with Gasteiger partial charge in [-0.25, -0.2) is 0 Å². The fraction of sp³-hybridized carbons (Fsp3) is 0.909. The summed E-state index contributed by atoms with van der Waals surface area (Å²) in [5.74, 6) is -0.663. The van der Waals surface area contributed by atoms with E-state index in [-0.39, 0.29) is 5.78 Å². The predicted octanol–water partition coefficient (Wildman–Crippen LogP) is 1.26. The SMILES string of the molecule is CC1(CCCC(=O)C(C)(C)O)OCCO1. The molecular formula is C11H20O4. The third-order valence-electron chi connectivity index (χ3n) is 2.62. The summed E-state index contributed by atoms with van der Waals surface area (Å²) in [4.78, 5) is 11.4. The van der Waals surface area contributed by atoms with Crippen molar-refractivity contribution in [2.45, 2.75) is 51.4 Å². The highest BCUT2D eigenvalue weighted by atomic mass is 16.7. The first-order valence-corrected chi connectivity index (χ1v) is 5.37. The summed E-state index contributed by atoms with van der Waals surface area (Å²) in [5, 5.41) is 9.43. The summed E-state index contributed by atoms with van der Waals surface area (Å²) >= 11 is 0. The van der Waals surface area contributed by atoms with E-state index in [0.29, 0.717) is 32.5 Å². The Bertz CT molecular complexity index is 223. The van der Waals surface area contributed by atoms with Crippen LogP contribution >= 0.6 is 0 Å². The molecule has 0 aromatic carbocycles. The molecule has 0 amide bonds. The zero-order valence-electron chi connectivity index (χ0n) is 9.71. The van der Waals surface area contributed by atoms with Gasteiger partial charge in [-0.1, -0.05) is 0 Å². The van der Waals surface area contributed by atoms with E-state index in [1.807, 2.05) is 6.92 Å². The summed E-state index contributed by atoms with van der Waals surface area (Å²) in [7, 11) is 0. The monoisotopic (exact) mass is 216 g/mol. The van der Waals surface area contributed by atoms with Gasteiger partial charge in [0.05, 0.1) is 13.2 Å². The molecule has 1 rings (SSSR count). The smallest absolute Gasteiger partial charge is 0.165 e. The Morgan fingerprint density at radius 2 is 1.93 bits per heavy atom. The molecule has 1 saturated heterocycles. The van der Waals surface area contributed by atoms with Crippen LogP contribution in [-0.2, 0) is 14.3 Å². The largest absolute Gasteiger partial charge is 0.383 e. The quantitative estimate of drug-likeness (QED) is 0.751. The van der Waals surface area contributed by atoms with E-state index in [9.17, 15) is 9.90 Å².